The standard InChI is InChI=1S/C11H11OS2/c1-2-12-8-9-5-6-11(14-9)10-4-3-7-13-10/h3-6H,2,7H2,1H3/q+1. The summed E-state index contributed by atoms with van der Waals surface area (Å²) in [6.45, 7) is 2.64. The van der Waals surface area contributed by atoms with Gasteiger partial charge in [-0.15, -0.1) is 23.1 Å². The highest BCUT2D eigenvalue weighted by Gasteiger charge is 2.01. The van der Waals surface area contributed by atoms with Gasteiger partial charge in [0.05, 0.1) is 0 Å². The van der Waals surface area contributed by atoms with Crippen LogP contribution in [0.1, 0.15) is 6.92 Å². The van der Waals surface area contributed by atoms with Gasteiger partial charge in [0.25, 0.3) is 6.61 Å². The molecule has 1 aliphatic heterocycles. The van der Waals surface area contributed by atoms with Crippen LogP contribution in [0.15, 0.2) is 24.3 Å². The van der Waals surface area contributed by atoms with E-state index >= 15 is 0 Å². The summed E-state index contributed by atoms with van der Waals surface area (Å²) < 4.78 is 7.50. The summed E-state index contributed by atoms with van der Waals surface area (Å²) in [4.78, 5) is 1.36. The highest BCUT2D eigenvalue weighted by atomic mass is 32.2. The molecule has 1 aliphatic rings. The molecule has 0 fully saturated rings. The molecule has 2 rings (SSSR count). The van der Waals surface area contributed by atoms with E-state index in [2.05, 4.69) is 30.2 Å². The molecule has 14 heavy (non-hydrogen) atoms. The summed E-state index contributed by atoms with van der Waals surface area (Å²) in [5.41, 5.74) is 0. The van der Waals surface area contributed by atoms with Gasteiger partial charge in [0, 0.05) is 22.1 Å². The van der Waals surface area contributed by atoms with Crippen LogP contribution < -0.4 is 9.06 Å². The molecule has 1 nitrogen and oxygen atoms in total. The third-order valence-electron chi connectivity index (χ3n) is 1.77. The molecule has 0 atom stereocenters. The Morgan fingerprint density at radius 2 is 2.43 bits per heavy atom. The second kappa shape index (κ2) is 4.65. The first-order chi connectivity index (χ1) is 6.90. The zero-order valence-electron chi connectivity index (χ0n) is 7.95. The maximum Gasteiger partial charge on any atom is 0.363 e. The van der Waals surface area contributed by atoms with Crippen molar-refractivity contribution in [3.05, 3.63) is 33.3 Å². The van der Waals surface area contributed by atoms with Crippen molar-refractivity contribution in [2.75, 3.05) is 12.4 Å². The maximum atomic E-state index is 5.12. The van der Waals surface area contributed by atoms with Crippen LogP contribution in [0.4, 0.5) is 0 Å². The molecule has 0 N–H and O–H groups in total. The molecule has 0 bridgehead atoms. The molecule has 0 spiro atoms. The molecule has 0 aromatic carbocycles. The quantitative estimate of drug-likeness (QED) is 0.652. The van der Waals surface area contributed by atoms with Crippen LogP contribution in [0.2, 0.25) is 0 Å². The first-order valence-electron chi connectivity index (χ1n) is 4.54. The van der Waals surface area contributed by atoms with Gasteiger partial charge in [0.1, 0.15) is 0 Å². The van der Waals surface area contributed by atoms with Gasteiger partial charge >= 0.3 is 5.94 Å². The highest BCUT2D eigenvalue weighted by Crippen LogP contribution is 2.23. The molecular weight excluding hydrogens is 212 g/mol. The Morgan fingerprint density at radius 1 is 1.50 bits per heavy atom. The van der Waals surface area contributed by atoms with Crippen molar-refractivity contribution in [2.45, 2.75) is 6.92 Å². The molecule has 0 saturated heterocycles. The Hall–Kier alpha value is -0.760. The number of rotatable bonds is 1. The lowest BCUT2D eigenvalue weighted by Crippen LogP contribution is -1.96. The summed E-state index contributed by atoms with van der Waals surface area (Å²) >= 11 is 3.60. The van der Waals surface area contributed by atoms with Gasteiger partial charge in [0.2, 0.25) is 0 Å². The van der Waals surface area contributed by atoms with E-state index in [-0.39, 0.29) is 0 Å². The van der Waals surface area contributed by atoms with Gasteiger partial charge in [-0.25, -0.2) is 4.42 Å². The predicted octanol–water partition coefficient (Wildman–Crippen LogP) is 1.22. The molecular formula is C11H11OS2+. The molecule has 0 amide bonds. The summed E-state index contributed by atoms with van der Waals surface area (Å²) in [6, 6.07) is 4.18. The summed E-state index contributed by atoms with van der Waals surface area (Å²) in [5, 5.41) is 0. The number of thioether (sulfide) groups is 1. The lowest BCUT2D eigenvalue weighted by Gasteiger charge is -1.85. The zero-order chi connectivity index (χ0) is 9.80. The van der Waals surface area contributed by atoms with Gasteiger partial charge < -0.3 is 0 Å². The minimum Gasteiger partial charge on any atom is -0.203 e. The Labute approximate surface area is 91.2 Å². The van der Waals surface area contributed by atoms with E-state index in [0.717, 1.165) is 10.3 Å². The third kappa shape index (κ3) is 2.18. The van der Waals surface area contributed by atoms with E-state index in [9.17, 15) is 0 Å². The molecule has 0 radical (unpaired) electrons. The minimum atomic E-state index is 0.679. The predicted molar refractivity (Wildman–Crippen MR) is 63.9 cm³/mol. The van der Waals surface area contributed by atoms with Crippen molar-refractivity contribution in [1.29, 1.82) is 0 Å². The maximum absolute atomic E-state index is 5.12. The molecule has 3 heteroatoms. The summed E-state index contributed by atoms with van der Waals surface area (Å²) in [6.07, 6.45) is 4.37. The fraction of sp³-hybridized carbons (Fsp3) is 0.273. The monoisotopic (exact) mass is 223 g/mol. The number of thiophene rings is 1. The van der Waals surface area contributed by atoms with Crippen LogP contribution in [-0.4, -0.2) is 18.3 Å². The van der Waals surface area contributed by atoms with E-state index in [0.29, 0.717) is 6.61 Å². The molecule has 1 aromatic rings. The Bertz CT molecular complexity index is 490. The molecule has 0 aliphatic carbocycles. The normalized spacial score (nSPS) is 18.4. The van der Waals surface area contributed by atoms with Gasteiger partial charge in [-0.05, 0) is 12.1 Å². The molecule has 72 valence electrons. The molecule has 0 unspecified atom stereocenters. The molecule has 0 saturated carbocycles. The van der Waals surface area contributed by atoms with Crippen molar-refractivity contribution in [3.63, 3.8) is 0 Å². The largest absolute Gasteiger partial charge is 0.363 e. The fourth-order valence-corrected chi connectivity index (χ4v) is 3.02. The van der Waals surface area contributed by atoms with Crippen LogP contribution in [0, 0.1) is 0 Å². The first kappa shape index (κ1) is 9.78. The van der Waals surface area contributed by atoms with Crippen LogP contribution in [0.5, 0.6) is 0 Å². The van der Waals surface area contributed by atoms with Crippen molar-refractivity contribution < 1.29 is 4.42 Å². The van der Waals surface area contributed by atoms with Crippen LogP contribution in [0.25, 0.3) is 4.91 Å². The average Bonchev–Trinajstić information content (AvgIpc) is 2.85. The molecule has 1 aromatic heterocycles. The topological polar surface area (TPSA) is 11.3 Å². The average molecular weight is 223 g/mol. The third-order valence-corrected chi connectivity index (χ3v) is 3.94. The number of hydrogen-bond donors (Lipinski definition) is 0. The zero-order valence-corrected chi connectivity index (χ0v) is 9.58. The van der Waals surface area contributed by atoms with Crippen molar-refractivity contribution in [1.82, 2.24) is 0 Å². The van der Waals surface area contributed by atoms with Crippen LogP contribution >= 0.6 is 23.1 Å². The summed E-state index contributed by atoms with van der Waals surface area (Å²) in [7, 11) is 0. The van der Waals surface area contributed by atoms with E-state index in [1.165, 1.54) is 9.44 Å². The van der Waals surface area contributed by atoms with E-state index < -0.39 is 0 Å². The Morgan fingerprint density at radius 3 is 3.14 bits per heavy atom. The van der Waals surface area contributed by atoms with E-state index in [1.807, 2.05) is 18.7 Å². The van der Waals surface area contributed by atoms with Crippen LogP contribution in [0.3, 0.4) is 0 Å². The van der Waals surface area contributed by atoms with Crippen molar-refractivity contribution in [2.24, 2.45) is 0 Å². The number of hydrogen-bond acceptors (Lipinski definition) is 2. The van der Waals surface area contributed by atoms with Crippen LogP contribution in [-0.2, 0) is 4.42 Å². The number of carbonyl (C=O) groups excluding carboxylic acids is 1. The fourth-order valence-electron chi connectivity index (χ4n) is 1.16. The summed E-state index contributed by atoms with van der Waals surface area (Å²) in [5.74, 6) is 4.01. The van der Waals surface area contributed by atoms with E-state index in [4.69, 9.17) is 4.42 Å². The smallest absolute Gasteiger partial charge is 0.203 e. The SMILES string of the molecule is CC[O+]=C=c1ccc(=C2C=CCS2)s1. The second-order valence-electron chi connectivity index (χ2n) is 2.78. The van der Waals surface area contributed by atoms with Gasteiger partial charge in [-0.1, -0.05) is 12.2 Å². The minimum absolute atomic E-state index is 0.679. The van der Waals surface area contributed by atoms with Crippen molar-refractivity contribution in [3.8, 4) is 0 Å². The lowest BCUT2D eigenvalue weighted by molar-refractivity contribution is 0.127. The Balaban J connectivity index is 2.49. The Kier molecular flexibility index (Phi) is 3.25. The van der Waals surface area contributed by atoms with Gasteiger partial charge in [-0.2, -0.15) is 0 Å². The molecule has 2 heterocycles. The second-order valence-corrected chi connectivity index (χ2v) is 4.92. The van der Waals surface area contributed by atoms with E-state index in [1.54, 1.807) is 11.3 Å². The highest BCUT2D eigenvalue weighted by molar-refractivity contribution is 8.08. The first-order valence-corrected chi connectivity index (χ1v) is 6.34. The van der Waals surface area contributed by atoms with Gasteiger partial charge in [-0.3, -0.25) is 0 Å². The van der Waals surface area contributed by atoms with Crippen molar-refractivity contribution >= 4 is 33.9 Å². The lowest BCUT2D eigenvalue weighted by atomic mass is 10.4. The van der Waals surface area contributed by atoms with Gasteiger partial charge in [0.15, 0.2) is 4.53 Å².